The zero-order valence-corrected chi connectivity index (χ0v) is 15.7. The molecule has 2 N–H and O–H groups in total. The topological polar surface area (TPSA) is 87.5 Å². The van der Waals surface area contributed by atoms with Gasteiger partial charge in [-0.1, -0.05) is 23.8 Å². The number of hydrogen-bond donors (Lipinski definition) is 2. The molecule has 28 heavy (non-hydrogen) atoms. The van der Waals surface area contributed by atoms with Crippen LogP contribution >= 0.6 is 0 Å². The molecule has 2 aromatic rings. The van der Waals surface area contributed by atoms with Gasteiger partial charge in [-0.2, -0.15) is 4.39 Å². The summed E-state index contributed by atoms with van der Waals surface area (Å²) in [6.07, 6.45) is 1.71. The van der Waals surface area contributed by atoms with Gasteiger partial charge in [-0.05, 0) is 49.9 Å². The minimum atomic E-state index is -0.833. The van der Waals surface area contributed by atoms with Crippen molar-refractivity contribution < 1.29 is 14.1 Å². The molecule has 1 unspecified atom stereocenters. The zero-order valence-electron chi connectivity index (χ0n) is 15.7. The van der Waals surface area contributed by atoms with Crippen LogP contribution in [0.3, 0.4) is 0 Å². The van der Waals surface area contributed by atoms with E-state index in [4.69, 9.17) is 0 Å². The van der Waals surface area contributed by atoms with Crippen LogP contribution in [0.4, 0.5) is 26.2 Å². The Morgan fingerprint density at radius 2 is 2.04 bits per heavy atom. The fourth-order valence-electron chi connectivity index (χ4n) is 3.44. The number of piperidine rings is 1. The third-order valence-corrected chi connectivity index (χ3v) is 4.87. The third-order valence-electron chi connectivity index (χ3n) is 4.87. The highest BCUT2D eigenvalue weighted by Gasteiger charge is 2.28. The molecule has 0 aliphatic carbocycles. The van der Waals surface area contributed by atoms with Gasteiger partial charge < -0.3 is 15.5 Å². The van der Waals surface area contributed by atoms with Crippen molar-refractivity contribution in [2.24, 2.45) is 5.92 Å². The third kappa shape index (κ3) is 4.76. The number of aryl methyl sites for hydroxylation is 1. The highest BCUT2D eigenvalue weighted by Crippen LogP contribution is 2.33. The Morgan fingerprint density at radius 3 is 2.75 bits per heavy atom. The first-order valence-electron chi connectivity index (χ1n) is 9.23. The molecule has 3 rings (SSSR count). The number of nitro benzene ring substituents is 1. The van der Waals surface area contributed by atoms with E-state index in [1.807, 2.05) is 36.1 Å². The van der Waals surface area contributed by atoms with Gasteiger partial charge in [0.05, 0.1) is 4.92 Å². The predicted molar refractivity (Wildman–Crippen MR) is 106 cm³/mol. The molecule has 1 atom stereocenters. The highest BCUT2D eigenvalue weighted by molar-refractivity contribution is 5.89. The minimum absolute atomic E-state index is 0.125. The van der Waals surface area contributed by atoms with E-state index in [0.717, 1.165) is 24.5 Å². The maximum Gasteiger partial charge on any atom is 0.327 e. The second-order valence-electron chi connectivity index (χ2n) is 7.02. The Kier molecular flexibility index (Phi) is 6.08. The van der Waals surface area contributed by atoms with Gasteiger partial charge in [0.25, 0.3) is 0 Å². The van der Waals surface area contributed by atoms with E-state index in [1.54, 1.807) is 6.07 Å². The summed E-state index contributed by atoms with van der Waals surface area (Å²) in [5, 5.41) is 16.9. The van der Waals surface area contributed by atoms with Crippen molar-refractivity contribution in [2.45, 2.75) is 19.8 Å². The van der Waals surface area contributed by atoms with Crippen LogP contribution in [0.5, 0.6) is 0 Å². The van der Waals surface area contributed by atoms with E-state index in [-0.39, 0.29) is 11.9 Å². The number of rotatable bonds is 5. The van der Waals surface area contributed by atoms with Crippen LogP contribution < -0.4 is 15.5 Å². The molecule has 1 fully saturated rings. The quantitative estimate of drug-likeness (QED) is 0.599. The summed E-state index contributed by atoms with van der Waals surface area (Å²) in [7, 11) is 0. The van der Waals surface area contributed by atoms with Gasteiger partial charge in [0.15, 0.2) is 0 Å². The number of halogens is 1. The number of amides is 2. The van der Waals surface area contributed by atoms with Gasteiger partial charge in [-0.25, -0.2) is 4.79 Å². The Morgan fingerprint density at radius 1 is 1.29 bits per heavy atom. The van der Waals surface area contributed by atoms with Crippen LogP contribution in [0.25, 0.3) is 0 Å². The van der Waals surface area contributed by atoms with Crippen molar-refractivity contribution in [1.29, 1.82) is 0 Å². The standard InChI is InChI=1S/C20H23FN4O3/c1-14-7-9-16(10-8-14)23-20(26)22-12-15-4-3-11-24(13-15)18-6-2-5-17(21)19(18)25(27)28/h2,5-10,15H,3-4,11-13H2,1H3,(H2,22,23,26). The number of anilines is 2. The van der Waals surface area contributed by atoms with Crippen LogP contribution in [0.2, 0.25) is 0 Å². The molecule has 1 aliphatic heterocycles. The van der Waals surface area contributed by atoms with Gasteiger partial charge in [-0.3, -0.25) is 10.1 Å². The number of nitrogens with one attached hydrogen (secondary N) is 2. The molecular weight excluding hydrogens is 363 g/mol. The summed E-state index contributed by atoms with van der Waals surface area (Å²) in [6.45, 7) is 3.56. The van der Waals surface area contributed by atoms with Crippen LogP contribution in [0, 0.1) is 28.8 Å². The van der Waals surface area contributed by atoms with Crippen molar-refractivity contribution in [3.63, 3.8) is 0 Å². The van der Waals surface area contributed by atoms with Crippen LogP contribution in [0.15, 0.2) is 42.5 Å². The Hall–Kier alpha value is -3.16. The number of hydrogen-bond acceptors (Lipinski definition) is 4. The van der Waals surface area contributed by atoms with Crippen LogP contribution in [-0.2, 0) is 0 Å². The second kappa shape index (κ2) is 8.69. The molecule has 0 saturated carbocycles. The average molecular weight is 386 g/mol. The summed E-state index contributed by atoms with van der Waals surface area (Å²) in [6, 6.07) is 11.4. The normalized spacial score (nSPS) is 16.5. The summed E-state index contributed by atoms with van der Waals surface area (Å²) in [5.41, 5.74) is 1.62. The largest absolute Gasteiger partial charge is 0.366 e. The number of benzene rings is 2. The average Bonchev–Trinajstić information content (AvgIpc) is 2.68. The molecular formula is C20H23FN4O3. The summed E-state index contributed by atoms with van der Waals surface area (Å²) < 4.78 is 13.9. The van der Waals surface area contributed by atoms with Gasteiger partial charge in [0.2, 0.25) is 5.82 Å². The SMILES string of the molecule is Cc1ccc(NC(=O)NCC2CCCN(c3cccc(F)c3[N+](=O)[O-])C2)cc1. The van der Waals surface area contributed by atoms with Gasteiger partial charge in [-0.15, -0.1) is 0 Å². The molecule has 1 saturated heterocycles. The molecule has 2 amide bonds. The number of nitrogens with zero attached hydrogens (tertiary/aromatic N) is 2. The van der Waals surface area contributed by atoms with Crippen molar-refractivity contribution in [3.05, 3.63) is 64.0 Å². The van der Waals surface area contributed by atoms with Crippen molar-refractivity contribution in [1.82, 2.24) is 5.32 Å². The van der Waals surface area contributed by atoms with Crippen LogP contribution in [-0.4, -0.2) is 30.6 Å². The maximum atomic E-state index is 13.9. The summed E-state index contributed by atoms with van der Waals surface area (Å²) in [5.74, 6) is -0.708. The van der Waals surface area contributed by atoms with E-state index in [2.05, 4.69) is 10.6 Å². The van der Waals surface area contributed by atoms with E-state index in [9.17, 15) is 19.3 Å². The lowest BCUT2D eigenvalue weighted by Gasteiger charge is -2.34. The lowest BCUT2D eigenvalue weighted by Crippen LogP contribution is -2.42. The first kappa shape index (κ1) is 19.6. The van der Waals surface area contributed by atoms with Crippen LogP contribution in [0.1, 0.15) is 18.4 Å². The fraction of sp³-hybridized carbons (Fsp3) is 0.350. The molecule has 0 aromatic heterocycles. The summed E-state index contributed by atoms with van der Waals surface area (Å²) >= 11 is 0. The number of para-hydroxylation sites is 1. The number of urea groups is 1. The number of nitro groups is 1. The molecule has 148 valence electrons. The van der Waals surface area contributed by atoms with Gasteiger partial charge >= 0.3 is 11.7 Å². The molecule has 1 heterocycles. The molecule has 0 spiro atoms. The Balaban J connectivity index is 1.58. The van der Waals surface area contributed by atoms with E-state index in [0.29, 0.717) is 31.0 Å². The first-order chi connectivity index (χ1) is 13.4. The second-order valence-corrected chi connectivity index (χ2v) is 7.02. The molecule has 0 radical (unpaired) electrons. The Bertz CT molecular complexity index is 857. The number of carbonyl (C=O) groups excluding carboxylic acids is 1. The minimum Gasteiger partial charge on any atom is -0.366 e. The monoisotopic (exact) mass is 386 g/mol. The predicted octanol–water partition coefficient (Wildman–Crippen LogP) is 4.08. The lowest BCUT2D eigenvalue weighted by molar-refractivity contribution is -0.386. The molecule has 0 bridgehead atoms. The van der Waals surface area contributed by atoms with Crippen molar-refractivity contribution in [3.8, 4) is 0 Å². The van der Waals surface area contributed by atoms with Crippen molar-refractivity contribution in [2.75, 3.05) is 29.9 Å². The van der Waals surface area contributed by atoms with Gasteiger partial charge in [0, 0.05) is 25.3 Å². The first-order valence-corrected chi connectivity index (χ1v) is 9.23. The number of carbonyl (C=O) groups is 1. The zero-order chi connectivity index (χ0) is 20.1. The molecule has 2 aromatic carbocycles. The van der Waals surface area contributed by atoms with E-state index < -0.39 is 16.4 Å². The fourth-order valence-corrected chi connectivity index (χ4v) is 3.44. The van der Waals surface area contributed by atoms with Gasteiger partial charge in [0.1, 0.15) is 5.69 Å². The maximum absolute atomic E-state index is 13.9. The highest BCUT2D eigenvalue weighted by atomic mass is 19.1. The lowest BCUT2D eigenvalue weighted by atomic mass is 9.97. The molecule has 1 aliphatic rings. The summed E-state index contributed by atoms with van der Waals surface area (Å²) in [4.78, 5) is 24.5. The molecule has 8 heteroatoms. The Labute approximate surface area is 162 Å². The van der Waals surface area contributed by atoms with E-state index >= 15 is 0 Å². The van der Waals surface area contributed by atoms with Crippen molar-refractivity contribution >= 4 is 23.1 Å². The molecule has 7 nitrogen and oxygen atoms in total. The smallest absolute Gasteiger partial charge is 0.327 e. The van der Waals surface area contributed by atoms with E-state index in [1.165, 1.54) is 6.07 Å².